The molecule has 0 spiro atoms. The van der Waals surface area contributed by atoms with Crippen molar-refractivity contribution in [3.05, 3.63) is 64.4 Å². The number of amides is 1. The molecule has 128 valence electrons. The predicted molar refractivity (Wildman–Crippen MR) is 101 cm³/mol. The predicted octanol–water partition coefficient (Wildman–Crippen LogP) is 2.40. The second kappa shape index (κ2) is 7.40. The van der Waals surface area contributed by atoms with E-state index in [4.69, 9.17) is 5.84 Å². The molecule has 2 aromatic carbocycles. The van der Waals surface area contributed by atoms with Gasteiger partial charge in [0.25, 0.3) is 5.56 Å². The van der Waals surface area contributed by atoms with Crippen molar-refractivity contribution in [2.24, 2.45) is 0 Å². The fourth-order valence-electron chi connectivity index (χ4n) is 2.42. The van der Waals surface area contributed by atoms with Gasteiger partial charge in [-0.15, -0.1) is 0 Å². The lowest BCUT2D eigenvalue weighted by atomic mass is 10.1. The SMILES string of the molecule is CCc1cccc(NC(=O)CSc2nc3ccccc3c(=O)n2N)c1. The number of aromatic nitrogens is 2. The number of para-hydroxylation sites is 1. The normalized spacial score (nSPS) is 10.8. The first-order valence-corrected chi connectivity index (χ1v) is 8.85. The summed E-state index contributed by atoms with van der Waals surface area (Å²) in [6.45, 7) is 2.06. The Morgan fingerprint density at radius 1 is 1.24 bits per heavy atom. The van der Waals surface area contributed by atoms with Gasteiger partial charge in [-0.25, -0.2) is 9.66 Å². The van der Waals surface area contributed by atoms with Gasteiger partial charge in [0.15, 0.2) is 5.16 Å². The van der Waals surface area contributed by atoms with E-state index in [0.717, 1.165) is 34.1 Å². The highest BCUT2D eigenvalue weighted by molar-refractivity contribution is 7.99. The van der Waals surface area contributed by atoms with Crippen LogP contribution in [0.3, 0.4) is 0 Å². The molecule has 0 aliphatic carbocycles. The first kappa shape index (κ1) is 17.0. The average Bonchev–Trinajstić information content (AvgIpc) is 2.63. The van der Waals surface area contributed by atoms with Crippen LogP contribution in [0, 0.1) is 0 Å². The monoisotopic (exact) mass is 354 g/mol. The van der Waals surface area contributed by atoms with Gasteiger partial charge in [-0.1, -0.05) is 43.0 Å². The molecule has 3 N–H and O–H groups in total. The molecule has 0 saturated carbocycles. The number of anilines is 1. The molecule has 1 amide bonds. The van der Waals surface area contributed by atoms with Gasteiger partial charge in [-0.2, -0.15) is 0 Å². The molecule has 0 unspecified atom stereocenters. The number of hydrogen-bond acceptors (Lipinski definition) is 5. The summed E-state index contributed by atoms with van der Waals surface area (Å²) < 4.78 is 0.984. The average molecular weight is 354 g/mol. The number of fused-ring (bicyclic) bond motifs is 1. The number of thioether (sulfide) groups is 1. The third-order valence-corrected chi connectivity index (χ3v) is 4.68. The summed E-state index contributed by atoms with van der Waals surface area (Å²) in [6, 6.07) is 14.7. The molecule has 0 bridgehead atoms. The first-order valence-electron chi connectivity index (χ1n) is 7.87. The van der Waals surface area contributed by atoms with E-state index in [2.05, 4.69) is 17.2 Å². The summed E-state index contributed by atoms with van der Waals surface area (Å²) in [5.41, 5.74) is 2.14. The molecule has 25 heavy (non-hydrogen) atoms. The van der Waals surface area contributed by atoms with E-state index in [1.165, 1.54) is 0 Å². The van der Waals surface area contributed by atoms with Crippen molar-refractivity contribution in [3.63, 3.8) is 0 Å². The lowest BCUT2D eigenvalue weighted by Crippen LogP contribution is -2.30. The second-order valence-corrected chi connectivity index (χ2v) is 6.42. The van der Waals surface area contributed by atoms with Crippen LogP contribution in [0.15, 0.2) is 58.5 Å². The zero-order chi connectivity index (χ0) is 17.8. The number of nitrogens with two attached hydrogens (primary N) is 1. The molecule has 0 atom stereocenters. The summed E-state index contributed by atoms with van der Waals surface area (Å²) in [5, 5.41) is 3.60. The Labute approximate surface area is 149 Å². The van der Waals surface area contributed by atoms with Crippen molar-refractivity contribution in [2.45, 2.75) is 18.5 Å². The van der Waals surface area contributed by atoms with E-state index in [0.29, 0.717) is 16.1 Å². The minimum atomic E-state index is -0.329. The molecule has 1 heterocycles. The van der Waals surface area contributed by atoms with Crippen molar-refractivity contribution in [1.29, 1.82) is 0 Å². The maximum Gasteiger partial charge on any atom is 0.280 e. The van der Waals surface area contributed by atoms with Gasteiger partial charge in [0.05, 0.1) is 16.7 Å². The molecule has 3 aromatic rings. The Balaban J connectivity index is 1.73. The molecule has 0 saturated heterocycles. The molecule has 6 nitrogen and oxygen atoms in total. The van der Waals surface area contributed by atoms with Crippen LogP contribution in [0.25, 0.3) is 10.9 Å². The Morgan fingerprint density at radius 3 is 2.84 bits per heavy atom. The van der Waals surface area contributed by atoms with Crippen LogP contribution < -0.4 is 16.7 Å². The van der Waals surface area contributed by atoms with Gasteiger partial charge in [0, 0.05) is 5.69 Å². The summed E-state index contributed by atoms with van der Waals surface area (Å²) in [4.78, 5) is 28.8. The van der Waals surface area contributed by atoms with E-state index in [1.54, 1.807) is 24.3 Å². The van der Waals surface area contributed by atoms with Crippen LogP contribution in [-0.4, -0.2) is 21.3 Å². The Hall–Kier alpha value is -2.80. The van der Waals surface area contributed by atoms with Gasteiger partial charge in [-0.3, -0.25) is 9.59 Å². The third kappa shape index (κ3) is 3.83. The van der Waals surface area contributed by atoms with Crippen molar-refractivity contribution >= 4 is 34.3 Å². The lowest BCUT2D eigenvalue weighted by molar-refractivity contribution is -0.113. The summed E-state index contributed by atoms with van der Waals surface area (Å²) in [5.74, 6) is 5.74. The lowest BCUT2D eigenvalue weighted by Gasteiger charge is -2.09. The van der Waals surface area contributed by atoms with Crippen molar-refractivity contribution in [2.75, 3.05) is 16.9 Å². The van der Waals surface area contributed by atoms with E-state index in [-0.39, 0.29) is 17.2 Å². The van der Waals surface area contributed by atoms with Crippen LogP contribution in [0.4, 0.5) is 5.69 Å². The Bertz CT molecular complexity index is 984. The topological polar surface area (TPSA) is 90.0 Å². The zero-order valence-corrected chi connectivity index (χ0v) is 14.5. The number of rotatable bonds is 5. The van der Waals surface area contributed by atoms with Gasteiger partial charge in [-0.05, 0) is 36.2 Å². The number of carbonyl (C=O) groups excluding carboxylic acids is 1. The maximum atomic E-state index is 12.2. The third-order valence-electron chi connectivity index (χ3n) is 3.73. The van der Waals surface area contributed by atoms with Gasteiger partial charge in [0.1, 0.15) is 0 Å². The highest BCUT2D eigenvalue weighted by atomic mass is 32.2. The number of aryl methyl sites for hydroxylation is 1. The standard InChI is InChI=1S/C18H18N4O2S/c1-2-12-6-5-7-13(10-12)20-16(23)11-25-18-21-15-9-4-3-8-14(15)17(24)22(18)19/h3-10H,2,11,19H2,1H3,(H,20,23). The second-order valence-electron chi connectivity index (χ2n) is 5.48. The molecular weight excluding hydrogens is 336 g/mol. The van der Waals surface area contributed by atoms with Crippen LogP contribution in [-0.2, 0) is 11.2 Å². The van der Waals surface area contributed by atoms with E-state index in [1.807, 2.05) is 24.3 Å². The smallest absolute Gasteiger partial charge is 0.280 e. The fraction of sp³-hybridized carbons (Fsp3) is 0.167. The summed E-state index contributed by atoms with van der Waals surface area (Å²) in [6.07, 6.45) is 0.902. The quantitative estimate of drug-likeness (QED) is 0.417. The van der Waals surface area contributed by atoms with Crippen LogP contribution in [0.1, 0.15) is 12.5 Å². The molecular formula is C18H18N4O2S. The first-order chi connectivity index (χ1) is 12.1. The molecule has 3 rings (SSSR count). The Kier molecular flexibility index (Phi) is 5.04. The highest BCUT2D eigenvalue weighted by Crippen LogP contribution is 2.17. The van der Waals surface area contributed by atoms with Crippen LogP contribution in [0.5, 0.6) is 0 Å². The highest BCUT2D eigenvalue weighted by Gasteiger charge is 2.11. The number of nitrogen functional groups attached to an aromatic ring is 1. The van der Waals surface area contributed by atoms with Crippen molar-refractivity contribution < 1.29 is 4.79 Å². The van der Waals surface area contributed by atoms with Crippen molar-refractivity contribution in [1.82, 2.24) is 9.66 Å². The number of nitrogens with zero attached hydrogens (tertiary/aromatic N) is 2. The Morgan fingerprint density at radius 2 is 2.04 bits per heavy atom. The number of hydrogen-bond donors (Lipinski definition) is 2. The largest absolute Gasteiger partial charge is 0.334 e. The summed E-state index contributed by atoms with van der Waals surface area (Å²) >= 11 is 1.13. The van der Waals surface area contributed by atoms with E-state index in [9.17, 15) is 9.59 Å². The van der Waals surface area contributed by atoms with Gasteiger partial charge >= 0.3 is 0 Å². The van der Waals surface area contributed by atoms with Crippen molar-refractivity contribution in [3.8, 4) is 0 Å². The molecule has 0 aliphatic rings. The fourth-order valence-corrected chi connectivity index (χ4v) is 3.14. The number of carbonyl (C=O) groups is 1. The van der Waals surface area contributed by atoms with E-state index >= 15 is 0 Å². The minimum absolute atomic E-state index is 0.109. The molecule has 0 aliphatic heterocycles. The maximum absolute atomic E-state index is 12.2. The minimum Gasteiger partial charge on any atom is -0.334 e. The molecule has 7 heteroatoms. The molecule has 0 fully saturated rings. The molecule has 1 aromatic heterocycles. The number of nitrogens with one attached hydrogen (secondary N) is 1. The zero-order valence-electron chi connectivity index (χ0n) is 13.7. The van der Waals surface area contributed by atoms with E-state index < -0.39 is 0 Å². The van der Waals surface area contributed by atoms with Gasteiger partial charge < -0.3 is 11.2 Å². The number of benzene rings is 2. The van der Waals surface area contributed by atoms with Crippen LogP contribution in [0.2, 0.25) is 0 Å². The summed E-state index contributed by atoms with van der Waals surface area (Å²) in [7, 11) is 0. The van der Waals surface area contributed by atoms with Gasteiger partial charge in [0.2, 0.25) is 5.91 Å². The molecule has 0 radical (unpaired) electrons. The van der Waals surface area contributed by atoms with Crippen LogP contribution >= 0.6 is 11.8 Å².